The molecule has 2 N–H and O–H groups in total. The number of likely N-dealkylation sites (N-methyl/N-ethyl adjacent to an activating group) is 2. The smallest absolute Gasteiger partial charge is 0.0602 e. The lowest BCUT2D eigenvalue weighted by atomic mass is 9.72. The molecule has 1 aromatic rings. The first-order chi connectivity index (χ1) is 12.7. The number of nitrogens with one attached hydrogen (secondary N) is 2. The average molecular weight is 379 g/mol. The predicted molar refractivity (Wildman–Crippen MR) is 111 cm³/mol. The second-order valence-electron chi connectivity index (χ2n) is 7.95. The minimum absolute atomic E-state index is 0.0512. The summed E-state index contributed by atoms with van der Waals surface area (Å²) >= 11 is 6.59. The van der Waals surface area contributed by atoms with Crippen molar-refractivity contribution in [2.24, 2.45) is 0 Å². The van der Waals surface area contributed by atoms with Crippen LogP contribution in [0.1, 0.15) is 37.7 Å². The van der Waals surface area contributed by atoms with E-state index >= 15 is 0 Å². The van der Waals surface area contributed by atoms with E-state index in [0.29, 0.717) is 6.04 Å². The summed E-state index contributed by atoms with van der Waals surface area (Å²) in [5, 5.41) is 8.42. The summed E-state index contributed by atoms with van der Waals surface area (Å²) < 4.78 is 0. The number of halogens is 1. The zero-order chi connectivity index (χ0) is 18.4. The van der Waals surface area contributed by atoms with Gasteiger partial charge in [0.2, 0.25) is 0 Å². The monoisotopic (exact) mass is 378 g/mol. The molecule has 1 saturated carbocycles. The first-order valence-corrected chi connectivity index (χ1v) is 10.6. The van der Waals surface area contributed by atoms with Gasteiger partial charge < -0.3 is 20.4 Å². The van der Waals surface area contributed by atoms with Gasteiger partial charge in [-0.3, -0.25) is 0 Å². The number of piperazine rings is 1. The van der Waals surface area contributed by atoms with Gasteiger partial charge in [-0.1, -0.05) is 42.6 Å². The maximum absolute atomic E-state index is 6.59. The van der Waals surface area contributed by atoms with Crippen LogP contribution in [0.3, 0.4) is 0 Å². The molecule has 1 saturated heterocycles. The number of hydrogen-bond acceptors (Lipinski definition) is 4. The molecule has 0 amide bonds. The first-order valence-electron chi connectivity index (χ1n) is 10.2. The van der Waals surface area contributed by atoms with Crippen molar-refractivity contribution < 1.29 is 0 Å². The topological polar surface area (TPSA) is 30.5 Å². The number of rotatable bonds is 7. The van der Waals surface area contributed by atoms with Crippen LogP contribution in [0, 0.1) is 0 Å². The van der Waals surface area contributed by atoms with Crippen LogP contribution in [0.25, 0.3) is 0 Å². The van der Waals surface area contributed by atoms with E-state index in [9.17, 15) is 0 Å². The zero-order valence-electron chi connectivity index (χ0n) is 16.4. The maximum atomic E-state index is 6.59. The average Bonchev–Trinajstić information content (AvgIpc) is 2.67. The summed E-state index contributed by atoms with van der Waals surface area (Å²) in [4.78, 5) is 5.02. The van der Waals surface area contributed by atoms with Crippen molar-refractivity contribution in [1.29, 1.82) is 0 Å². The van der Waals surface area contributed by atoms with Gasteiger partial charge in [-0.05, 0) is 58.1 Å². The van der Waals surface area contributed by atoms with E-state index in [1.165, 1.54) is 64.0 Å². The van der Waals surface area contributed by atoms with E-state index in [1.54, 1.807) is 0 Å². The Bertz CT molecular complexity index is 559. The molecule has 2 atom stereocenters. The fourth-order valence-electron chi connectivity index (χ4n) is 4.68. The van der Waals surface area contributed by atoms with E-state index < -0.39 is 0 Å². The fraction of sp³-hybridized carbons (Fsp3) is 0.714. The van der Waals surface area contributed by atoms with Crippen LogP contribution < -0.4 is 10.6 Å². The molecule has 0 unspecified atom stereocenters. The van der Waals surface area contributed by atoms with Crippen LogP contribution in [0.5, 0.6) is 0 Å². The van der Waals surface area contributed by atoms with Gasteiger partial charge in [0.1, 0.15) is 0 Å². The molecular weight excluding hydrogens is 344 g/mol. The Hall–Kier alpha value is -0.650. The Morgan fingerprint density at radius 3 is 2.65 bits per heavy atom. The molecule has 5 heteroatoms. The molecule has 1 heterocycles. The lowest BCUT2D eigenvalue weighted by Crippen LogP contribution is -2.58. The highest BCUT2D eigenvalue weighted by Gasteiger charge is 2.41. The fourth-order valence-corrected chi connectivity index (χ4v) is 4.98. The van der Waals surface area contributed by atoms with Crippen LogP contribution in [0.4, 0.5) is 0 Å². The van der Waals surface area contributed by atoms with Crippen molar-refractivity contribution in [3.8, 4) is 0 Å². The maximum Gasteiger partial charge on any atom is 0.0602 e. The molecule has 146 valence electrons. The van der Waals surface area contributed by atoms with E-state index in [0.717, 1.165) is 18.0 Å². The normalized spacial score (nSPS) is 28.3. The summed E-state index contributed by atoms with van der Waals surface area (Å²) in [5.74, 6) is 0. The highest BCUT2D eigenvalue weighted by atomic mass is 35.5. The Labute approximate surface area is 164 Å². The van der Waals surface area contributed by atoms with Crippen molar-refractivity contribution >= 4 is 11.6 Å². The van der Waals surface area contributed by atoms with Crippen LogP contribution in [0.2, 0.25) is 5.02 Å². The van der Waals surface area contributed by atoms with Gasteiger partial charge in [0.15, 0.2) is 0 Å². The Morgan fingerprint density at radius 2 is 1.92 bits per heavy atom. The molecule has 1 aliphatic heterocycles. The van der Waals surface area contributed by atoms with E-state index in [-0.39, 0.29) is 5.54 Å². The lowest BCUT2D eigenvalue weighted by Gasteiger charge is -2.45. The summed E-state index contributed by atoms with van der Waals surface area (Å²) in [6.07, 6.45) is 6.11. The van der Waals surface area contributed by atoms with Gasteiger partial charge in [0.05, 0.1) is 5.54 Å². The van der Waals surface area contributed by atoms with Gasteiger partial charge in [-0.2, -0.15) is 0 Å². The van der Waals surface area contributed by atoms with Crippen molar-refractivity contribution in [3.63, 3.8) is 0 Å². The van der Waals surface area contributed by atoms with Gasteiger partial charge in [0, 0.05) is 37.2 Å². The van der Waals surface area contributed by atoms with Gasteiger partial charge >= 0.3 is 0 Å². The van der Waals surface area contributed by atoms with Gasteiger partial charge in [-0.25, -0.2) is 0 Å². The van der Waals surface area contributed by atoms with Crippen molar-refractivity contribution in [2.75, 3.05) is 53.4 Å². The molecule has 4 nitrogen and oxygen atoms in total. The third-order valence-electron chi connectivity index (χ3n) is 6.35. The van der Waals surface area contributed by atoms with Crippen LogP contribution >= 0.6 is 11.6 Å². The van der Waals surface area contributed by atoms with Gasteiger partial charge in [-0.15, -0.1) is 0 Å². The minimum atomic E-state index is -0.0512. The minimum Gasteiger partial charge on any atom is -0.312 e. The standard InChI is InChI=1S/C21H35ClN4/c1-23-21(18-8-3-4-9-19(18)22)11-6-5-10-20(21)24-12-7-13-26-16-14-25(2)15-17-26/h3-4,8-9,20,23-24H,5-7,10-17H2,1-2H3/t20-,21-/m0/s1. The second-order valence-corrected chi connectivity index (χ2v) is 8.36. The zero-order valence-corrected chi connectivity index (χ0v) is 17.2. The molecule has 0 spiro atoms. The SMILES string of the molecule is CN[C@]1(c2ccccc2Cl)CCCC[C@@H]1NCCCN1CCN(C)CC1. The van der Waals surface area contributed by atoms with E-state index in [1.807, 2.05) is 12.1 Å². The first kappa shape index (κ1) is 20.1. The van der Waals surface area contributed by atoms with Crippen LogP contribution in [-0.4, -0.2) is 69.2 Å². The largest absolute Gasteiger partial charge is 0.312 e. The molecule has 2 fully saturated rings. The van der Waals surface area contributed by atoms with Crippen molar-refractivity contribution in [3.05, 3.63) is 34.9 Å². The Kier molecular flexibility index (Phi) is 7.35. The lowest BCUT2D eigenvalue weighted by molar-refractivity contribution is 0.147. The summed E-state index contributed by atoms with van der Waals surface area (Å²) in [5.41, 5.74) is 1.20. The molecule has 1 aliphatic carbocycles. The molecule has 26 heavy (non-hydrogen) atoms. The molecule has 3 rings (SSSR count). The highest BCUT2D eigenvalue weighted by Crippen LogP contribution is 2.40. The third kappa shape index (κ3) is 4.60. The number of nitrogens with zero attached hydrogens (tertiary/aromatic N) is 2. The second kappa shape index (κ2) is 9.52. The highest BCUT2D eigenvalue weighted by molar-refractivity contribution is 6.31. The number of hydrogen-bond donors (Lipinski definition) is 2. The summed E-state index contributed by atoms with van der Waals surface area (Å²) in [7, 11) is 4.31. The van der Waals surface area contributed by atoms with E-state index in [4.69, 9.17) is 11.6 Å². The quantitative estimate of drug-likeness (QED) is 0.714. The Balaban J connectivity index is 1.57. The third-order valence-corrected chi connectivity index (χ3v) is 6.68. The summed E-state index contributed by atoms with van der Waals surface area (Å²) in [6, 6.07) is 8.79. The van der Waals surface area contributed by atoms with E-state index in [2.05, 4.69) is 46.7 Å². The van der Waals surface area contributed by atoms with Crippen molar-refractivity contribution in [2.45, 2.75) is 43.7 Å². The van der Waals surface area contributed by atoms with Crippen LogP contribution in [0.15, 0.2) is 24.3 Å². The molecule has 0 aromatic heterocycles. The van der Waals surface area contributed by atoms with Crippen molar-refractivity contribution in [1.82, 2.24) is 20.4 Å². The molecule has 0 bridgehead atoms. The Morgan fingerprint density at radius 1 is 1.15 bits per heavy atom. The van der Waals surface area contributed by atoms with Gasteiger partial charge in [0.25, 0.3) is 0 Å². The molecule has 2 aliphatic rings. The molecule has 1 aromatic carbocycles. The molecule has 0 radical (unpaired) electrons. The summed E-state index contributed by atoms with van der Waals surface area (Å²) in [6.45, 7) is 7.09. The van der Waals surface area contributed by atoms with Crippen LogP contribution in [-0.2, 0) is 5.54 Å². The number of benzene rings is 1. The predicted octanol–water partition coefficient (Wildman–Crippen LogP) is 2.92. The molecular formula is C21H35ClN4.